The summed E-state index contributed by atoms with van der Waals surface area (Å²) < 4.78 is 50.8. The molecule has 3 heterocycles. The van der Waals surface area contributed by atoms with Crippen molar-refractivity contribution in [3.63, 3.8) is 0 Å². The number of nitrogens with zero attached hydrogens (tertiary/aromatic N) is 5. The molecule has 14 nitrogen and oxygen atoms in total. The smallest absolute Gasteiger partial charge is 0.387 e. The molecular formula is C40H58FN6O8P. The van der Waals surface area contributed by atoms with Crippen LogP contribution in [-0.2, 0) is 35.3 Å². The van der Waals surface area contributed by atoms with Crippen LogP contribution in [0.2, 0.25) is 0 Å². The Morgan fingerprint density at radius 2 is 1.59 bits per heavy atom. The Morgan fingerprint density at radius 1 is 0.964 bits per heavy atom. The molecule has 1 saturated heterocycles. The lowest BCUT2D eigenvalue weighted by molar-refractivity contribution is -0.0658. The number of aliphatic hydroxyl groups excluding tert-OH is 2. The van der Waals surface area contributed by atoms with E-state index in [0.29, 0.717) is 17.5 Å². The first-order valence-corrected chi connectivity index (χ1v) is 21.5. The topological polar surface area (TPSA) is 218 Å². The number of phosphoric acid groups is 1. The van der Waals surface area contributed by atoms with Crippen molar-refractivity contribution >= 4 is 19.2 Å². The SMILES string of the molecule is CCCCCCCCCCCCCCCCCC[C@H](COP(=O)(O)OC[C@H]1O[C@@](C#N)(c2ccc3c(N)ncnn23)[C@H](O)[C@@H]1O)OCc1ccc(C#N)c(F)c1. The molecule has 6 atom stereocenters. The number of halogens is 1. The van der Waals surface area contributed by atoms with Crippen LogP contribution in [-0.4, -0.2) is 67.3 Å². The minimum Gasteiger partial charge on any atom is -0.387 e. The molecule has 56 heavy (non-hydrogen) atoms. The molecule has 5 N–H and O–H groups in total. The first-order valence-electron chi connectivity index (χ1n) is 20.0. The number of nitrogen functional groups attached to an aromatic ring is 1. The van der Waals surface area contributed by atoms with Crippen molar-refractivity contribution in [2.45, 2.75) is 153 Å². The second-order valence-corrected chi connectivity index (χ2v) is 16.1. The maximum Gasteiger partial charge on any atom is 0.472 e. The van der Waals surface area contributed by atoms with Crippen LogP contribution in [0, 0.1) is 28.5 Å². The molecule has 0 aliphatic carbocycles. The molecule has 0 amide bonds. The second-order valence-electron chi connectivity index (χ2n) is 14.6. The van der Waals surface area contributed by atoms with Crippen LogP contribution >= 0.6 is 7.82 Å². The van der Waals surface area contributed by atoms with Crippen molar-refractivity contribution in [2.24, 2.45) is 0 Å². The van der Waals surface area contributed by atoms with Gasteiger partial charge in [-0.3, -0.25) is 9.05 Å². The highest BCUT2D eigenvalue weighted by atomic mass is 31.2. The van der Waals surface area contributed by atoms with Crippen LogP contribution in [0.4, 0.5) is 10.2 Å². The quantitative estimate of drug-likeness (QED) is 0.0433. The molecule has 0 spiro atoms. The number of ether oxygens (including phenoxy) is 2. The van der Waals surface area contributed by atoms with Gasteiger partial charge in [0, 0.05) is 0 Å². The van der Waals surface area contributed by atoms with Crippen molar-refractivity contribution in [3.05, 3.63) is 59.3 Å². The molecule has 1 aliphatic rings. The molecule has 0 bridgehead atoms. The molecule has 1 fully saturated rings. The van der Waals surface area contributed by atoms with E-state index in [0.717, 1.165) is 32.0 Å². The van der Waals surface area contributed by atoms with E-state index in [1.807, 2.05) is 6.07 Å². The van der Waals surface area contributed by atoms with E-state index in [2.05, 4.69) is 17.0 Å². The lowest BCUT2D eigenvalue weighted by Gasteiger charge is -2.24. The molecule has 2 aromatic heterocycles. The molecule has 0 radical (unpaired) electrons. The van der Waals surface area contributed by atoms with Gasteiger partial charge in [0.1, 0.15) is 48.1 Å². The maximum absolute atomic E-state index is 14.2. The fourth-order valence-corrected chi connectivity index (χ4v) is 7.79. The number of fused-ring (bicyclic) bond motifs is 1. The molecule has 0 saturated carbocycles. The average molecular weight is 801 g/mol. The lowest BCUT2D eigenvalue weighted by atomic mass is 9.92. The van der Waals surface area contributed by atoms with E-state index in [1.54, 1.807) is 12.1 Å². The number of hydrogen-bond donors (Lipinski definition) is 4. The maximum atomic E-state index is 14.2. The first kappa shape index (κ1) is 45.2. The summed E-state index contributed by atoms with van der Waals surface area (Å²) in [5, 5.41) is 45.0. The van der Waals surface area contributed by atoms with Crippen molar-refractivity contribution in [3.8, 4) is 12.1 Å². The predicted octanol–water partition coefficient (Wildman–Crippen LogP) is 7.53. The number of hydrogen-bond acceptors (Lipinski definition) is 12. The number of nitriles is 2. The number of phosphoric ester groups is 1. The zero-order chi connectivity index (χ0) is 40.4. The van der Waals surface area contributed by atoms with Crippen molar-refractivity contribution < 1.29 is 42.6 Å². The van der Waals surface area contributed by atoms with Crippen LogP contribution in [0.25, 0.3) is 5.52 Å². The van der Waals surface area contributed by atoms with E-state index in [-0.39, 0.29) is 30.3 Å². The Kier molecular flexibility index (Phi) is 18.6. The Balaban J connectivity index is 1.23. The number of benzene rings is 1. The Morgan fingerprint density at radius 3 is 2.18 bits per heavy atom. The number of unbranched alkanes of at least 4 members (excludes halogenated alkanes) is 15. The van der Waals surface area contributed by atoms with Gasteiger partial charge in [-0.15, -0.1) is 0 Å². The summed E-state index contributed by atoms with van der Waals surface area (Å²) in [5.41, 5.74) is 4.60. The van der Waals surface area contributed by atoms with Gasteiger partial charge in [-0.2, -0.15) is 15.6 Å². The molecule has 1 aliphatic heterocycles. The van der Waals surface area contributed by atoms with Gasteiger partial charge in [-0.1, -0.05) is 116 Å². The summed E-state index contributed by atoms with van der Waals surface area (Å²) in [7, 11) is -4.77. The summed E-state index contributed by atoms with van der Waals surface area (Å²) in [6.45, 7) is 1.19. The third kappa shape index (κ3) is 13.0. The van der Waals surface area contributed by atoms with Crippen LogP contribution in [0.1, 0.15) is 133 Å². The van der Waals surface area contributed by atoms with E-state index < -0.39 is 50.3 Å². The minimum absolute atomic E-state index is 0.0205. The van der Waals surface area contributed by atoms with Crippen LogP contribution < -0.4 is 5.73 Å². The van der Waals surface area contributed by atoms with Crippen molar-refractivity contribution in [2.75, 3.05) is 18.9 Å². The Hall–Kier alpha value is -3.50. The van der Waals surface area contributed by atoms with E-state index in [1.165, 1.54) is 106 Å². The van der Waals surface area contributed by atoms with Gasteiger partial charge >= 0.3 is 7.82 Å². The first-order chi connectivity index (χ1) is 27.0. The molecule has 1 unspecified atom stereocenters. The van der Waals surface area contributed by atoms with Gasteiger partial charge in [0.15, 0.2) is 5.82 Å². The van der Waals surface area contributed by atoms with E-state index >= 15 is 0 Å². The number of aromatic nitrogens is 3. The summed E-state index contributed by atoms with van der Waals surface area (Å²) in [4.78, 5) is 14.5. The van der Waals surface area contributed by atoms with Crippen molar-refractivity contribution in [1.82, 2.24) is 14.6 Å². The summed E-state index contributed by atoms with van der Waals surface area (Å²) >= 11 is 0. The normalized spacial score (nSPS) is 21.2. The predicted molar refractivity (Wildman–Crippen MR) is 207 cm³/mol. The van der Waals surface area contributed by atoms with Gasteiger partial charge in [-0.05, 0) is 36.2 Å². The number of nitrogens with two attached hydrogens (primary N) is 1. The number of aliphatic hydroxyl groups is 2. The van der Waals surface area contributed by atoms with Crippen LogP contribution in [0.15, 0.2) is 36.7 Å². The number of rotatable bonds is 27. The Bertz CT molecular complexity index is 1790. The largest absolute Gasteiger partial charge is 0.472 e. The fraction of sp³-hybridized carbons (Fsp3) is 0.650. The lowest BCUT2D eigenvalue weighted by Crippen LogP contribution is -2.41. The summed E-state index contributed by atoms with van der Waals surface area (Å²) in [5.74, 6) is -0.552. The minimum atomic E-state index is -4.77. The zero-order valence-electron chi connectivity index (χ0n) is 32.4. The van der Waals surface area contributed by atoms with Gasteiger partial charge in [0.05, 0.1) is 37.2 Å². The molecule has 4 rings (SSSR count). The summed E-state index contributed by atoms with van der Waals surface area (Å²) in [6, 6.07) is 10.8. The standard InChI is InChI=1S/C40H58FN6O8P/c1-2-3-4-5-6-7-8-9-10-11-12-13-14-15-16-17-18-32(52-25-30-19-20-31(24-42)33(41)23-30)26-53-56(50,51)54-27-35-37(48)38(49)40(28-43,55-35)36-22-21-34-39(44)45-29-46-47(34)36/h19-23,29,32,35,37-38,48-49H,2-18,25-27H2,1H3,(H,50,51)(H2,44,45,46)/t32-,35-,37-,38-,40+/m1/s1. The van der Waals surface area contributed by atoms with Gasteiger partial charge in [0.25, 0.3) is 0 Å². The highest BCUT2D eigenvalue weighted by Gasteiger charge is 2.58. The molecule has 1 aromatic carbocycles. The third-order valence-corrected chi connectivity index (χ3v) is 11.3. The second kappa shape index (κ2) is 23.0. The molecule has 308 valence electrons. The molecule has 3 aromatic rings. The molecular weight excluding hydrogens is 742 g/mol. The monoisotopic (exact) mass is 800 g/mol. The highest BCUT2D eigenvalue weighted by Crippen LogP contribution is 2.46. The third-order valence-electron chi connectivity index (χ3n) is 10.3. The highest BCUT2D eigenvalue weighted by molar-refractivity contribution is 7.47. The van der Waals surface area contributed by atoms with E-state index in [4.69, 9.17) is 29.5 Å². The average Bonchev–Trinajstić information content (AvgIpc) is 3.74. The summed E-state index contributed by atoms with van der Waals surface area (Å²) in [6.07, 6.45) is 15.7. The molecule has 16 heteroatoms. The Labute approximate surface area is 329 Å². The van der Waals surface area contributed by atoms with Gasteiger partial charge < -0.3 is 30.3 Å². The van der Waals surface area contributed by atoms with Crippen LogP contribution in [0.5, 0.6) is 0 Å². The van der Waals surface area contributed by atoms with E-state index in [9.17, 15) is 29.3 Å². The zero-order valence-corrected chi connectivity index (χ0v) is 33.3. The van der Waals surface area contributed by atoms with Crippen LogP contribution in [0.3, 0.4) is 0 Å². The fourth-order valence-electron chi connectivity index (χ4n) is 7.02. The van der Waals surface area contributed by atoms with Gasteiger partial charge in [0.2, 0.25) is 5.60 Å². The van der Waals surface area contributed by atoms with Gasteiger partial charge in [-0.25, -0.2) is 18.5 Å². The van der Waals surface area contributed by atoms with Crippen molar-refractivity contribution in [1.29, 1.82) is 10.5 Å². The number of anilines is 1.